The van der Waals surface area contributed by atoms with Crippen LogP contribution < -0.4 is 10.6 Å². The lowest BCUT2D eigenvalue weighted by Crippen LogP contribution is -2.48. The maximum atomic E-state index is 12.6. The Morgan fingerprint density at radius 2 is 1.86 bits per heavy atom. The van der Waals surface area contributed by atoms with Crippen LogP contribution in [0.2, 0.25) is 0 Å². The number of hydrogen-bond acceptors (Lipinski definition) is 3. The minimum Gasteiger partial charge on any atom is -0.356 e. The van der Waals surface area contributed by atoms with Gasteiger partial charge in [0.05, 0.1) is 0 Å². The summed E-state index contributed by atoms with van der Waals surface area (Å²) in [6.07, 6.45) is 2.63. The molecule has 0 amide bonds. The molecule has 2 N–H and O–H groups in total. The van der Waals surface area contributed by atoms with Crippen LogP contribution in [-0.2, 0) is 16.4 Å². The largest absolute Gasteiger partial charge is 0.511 e. The zero-order chi connectivity index (χ0) is 21.5. The summed E-state index contributed by atoms with van der Waals surface area (Å²) in [7, 11) is -3.56. The number of rotatable bonds is 7. The van der Waals surface area contributed by atoms with E-state index in [0.717, 1.165) is 12.8 Å². The normalized spacial score (nSPS) is 18.4. The lowest BCUT2D eigenvalue weighted by Gasteiger charge is -2.32. The molecule has 1 unspecified atom stereocenters. The third-order valence-corrected chi connectivity index (χ3v) is 6.71. The summed E-state index contributed by atoms with van der Waals surface area (Å²) in [6.45, 7) is 2.36. The third kappa shape index (κ3) is 6.88. The number of benzene rings is 1. The zero-order valence-corrected chi connectivity index (χ0v) is 17.6. The Morgan fingerprint density at radius 3 is 2.41 bits per heavy atom. The number of piperidine rings is 1. The van der Waals surface area contributed by atoms with Crippen molar-refractivity contribution in [1.29, 1.82) is 0 Å². The Morgan fingerprint density at radius 1 is 1.24 bits per heavy atom. The molecular weight excluding hydrogens is 405 g/mol. The Bertz CT molecular complexity index is 761. The highest BCUT2D eigenvalue weighted by atomic mass is 32.2. The molecule has 0 spiro atoms. The number of nitrogens with one attached hydrogen (secondary N) is 2. The summed E-state index contributed by atoms with van der Waals surface area (Å²) in [4.78, 5) is 4.19. The van der Waals surface area contributed by atoms with E-state index in [1.54, 1.807) is 7.05 Å². The van der Waals surface area contributed by atoms with Crippen molar-refractivity contribution < 1.29 is 21.6 Å². The van der Waals surface area contributed by atoms with E-state index in [4.69, 9.17) is 0 Å². The fraction of sp³-hybridized carbons (Fsp3) is 0.632. The number of halogens is 3. The second kappa shape index (κ2) is 10.3. The van der Waals surface area contributed by atoms with Crippen LogP contribution in [0.3, 0.4) is 0 Å². The van der Waals surface area contributed by atoms with Gasteiger partial charge in [0.2, 0.25) is 0 Å². The highest BCUT2D eigenvalue weighted by molar-refractivity contribution is 7.90. The number of sulfonamides is 1. The molecule has 1 heterocycles. The first kappa shape index (κ1) is 23.5. The van der Waals surface area contributed by atoms with Crippen LogP contribution >= 0.6 is 0 Å². The van der Waals surface area contributed by atoms with Crippen LogP contribution in [0.5, 0.6) is 0 Å². The molecule has 6 nitrogen and oxygen atoms in total. The van der Waals surface area contributed by atoms with Gasteiger partial charge < -0.3 is 10.6 Å². The average Bonchev–Trinajstić information content (AvgIpc) is 2.69. The molecule has 164 valence electrons. The monoisotopic (exact) mass is 434 g/mol. The molecule has 1 aliphatic rings. The number of guanidine groups is 1. The summed E-state index contributed by atoms with van der Waals surface area (Å²) in [6, 6.07) is 10.4. The summed E-state index contributed by atoms with van der Waals surface area (Å²) < 4.78 is 61.4. The minimum absolute atomic E-state index is 0.0906. The van der Waals surface area contributed by atoms with Gasteiger partial charge in [-0.2, -0.15) is 17.5 Å². The van der Waals surface area contributed by atoms with Gasteiger partial charge in [0.15, 0.2) is 5.96 Å². The number of alkyl halides is 3. The Labute approximate surface area is 170 Å². The van der Waals surface area contributed by atoms with Crippen molar-refractivity contribution >= 4 is 16.0 Å². The SMILES string of the molecule is CN=C(NCC1CCN(S(=O)(=O)C(F)(F)F)CC1)NC(C)CCc1ccccc1. The van der Waals surface area contributed by atoms with Crippen LogP contribution in [0.15, 0.2) is 35.3 Å². The lowest BCUT2D eigenvalue weighted by molar-refractivity contribution is -0.0496. The lowest BCUT2D eigenvalue weighted by atomic mass is 9.98. The highest BCUT2D eigenvalue weighted by Crippen LogP contribution is 2.30. The van der Waals surface area contributed by atoms with Crippen LogP contribution in [0.4, 0.5) is 13.2 Å². The smallest absolute Gasteiger partial charge is 0.356 e. The van der Waals surface area contributed by atoms with Gasteiger partial charge in [-0.3, -0.25) is 4.99 Å². The first-order valence-corrected chi connectivity index (χ1v) is 11.1. The topological polar surface area (TPSA) is 73.8 Å². The van der Waals surface area contributed by atoms with Crippen LogP contribution in [-0.4, -0.2) is 56.9 Å². The Balaban J connectivity index is 1.73. The van der Waals surface area contributed by atoms with Crippen molar-refractivity contribution in [2.24, 2.45) is 10.9 Å². The first-order valence-electron chi connectivity index (χ1n) is 9.71. The predicted molar refractivity (Wildman–Crippen MR) is 108 cm³/mol. The fourth-order valence-electron chi connectivity index (χ4n) is 3.27. The van der Waals surface area contributed by atoms with E-state index in [2.05, 4.69) is 34.7 Å². The first-order chi connectivity index (χ1) is 13.6. The van der Waals surface area contributed by atoms with E-state index in [1.807, 2.05) is 18.2 Å². The molecule has 1 atom stereocenters. The van der Waals surface area contributed by atoms with E-state index in [-0.39, 0.29) is 25.0 Å². The number of aliphatic imine (C=N–C) groups is 1. The van der Waals surface area contributed by atoms with Gasteiger partial charge in [-0.25, -0.2) is 8.42 Å². The number of nitrogens with zero attached hydrogens (tertiary/aromatic N) is 2. The Hall–Kier alpha value is -1.81. The molecule has 1 aromatic rings. The van der Waals surface area contributed by atoms with Gasteiger partial charge >= 0.3 is 15.5 Å². The second-order valence-corrected chi connectivity index (χ2v) is 9.25. The van der Waals surface area contributed by atoms with E-state index < -0.39 is 15.5 Å². The predicted octanol–water partition coefficient (Wildman–Crippen LogP) is 2.73. The molecule has 1 aromatic carbocycles. The van der Waals surface area contributed by atoms with Gasteiger partial charge in [0, 0.05) is 32.7 Å². The van der Waals surface area contributed by atoms with Gasteiger partial charge in [-0.05, 0) is 44.1 Å². The van der Waals surface area contributed by atoms with Gasteiger partial charge in [0.1, 0.15) is 0 Å². The van der Waals surface area contributed by atoms with Crippen LogP contribution in [0, 0.1) is 5.92 Å². The maximum absolute atomic E-state index is 12.6. The quantitative estimate of drug-likeness (QED) is 0.511. The molecule has 0 aromatic heterocycles. The van der Waals surface area contributed by atoms with Crippen LogP contribution in [0.25, 0.3) is 0 Å². The van der Waals surface area contributed by atoms with E-state index in [9.17, 15) is 21.6 Å². The van der Waals surface area contributed by atoms with Gasteiger partial charge in [-0.1, -0.05) is 30.3 Å². The van der Waals surface area contributed by atoms with Crippen molar-refractivity contribution in [3.05, 3.63) is 35.9 Å². The molecular formula is C19H29F3N4O2S. The molecule has 1 saturated heterocycles. The van der Waals surface area contributed by atoms with Crippen molar-refractivity contribution in [3.8, 4) is 0 Å². The second-order valence-electron chi connectivity index (χ2n) is 7.32. The van der Waals surface area contributed by atoms with E-state index in [1.165, 1.54) is 5.56 Å². The summed E-state index contributed by atoms with van der Waals surface area (Å²) in [5.41, 5.74) is -3.97. The summed E-state index contributed by atoms with van der Waals surface area (Å²) in [5, 5.41) is 6.51. The molecule has 29 heavy (non-hydrogen) atoms. The average molecular weight is 435 g/mol. The number of aryl methyl sites for hydroxylation is 1. The highest BCUT2D eigenvalue weighted by Gasteiger charge is 2.50. The molecule has 2 rings (SSSR count). The fourth-order valence-corrected chi connectivity index (χ4v) is 4.25. The van der Waals surface area contributed by atoms with Crippen molar-refractivity contribution in [2.45, 2.75) is 44.2 Å². The molecule has 10 heteroatoms. The number of hydrogen-bond donors (Lipinski definition) is 2. The molecule has 0 radical (unpaired) electrons. The minimum atomic E-state index is -5.24. The van der Waals surface area contributed by atoms with Crippen molar-refractivity contribution in [2.75, 3.05) is 26.7 Å². The Kier molecular flexibility index (Phi) is 8.33. The maximum Gasteiger partial charge on any atom is 0.511 e. The molecule has 0 aliphatic carbocycles. The van der Waals surface area contributed by atoms with Crippen LogP contribution in [0.1, 0.15) is 31.7 Å². The van der Waals surface area contributed by atoms with E-state index in [0.29, 0.717) is 29.7 Å². The standard InChI is InChI=1S/C19H29F3N4O2S/c1-15(8-9-16-6-4-3-5-7-16)25-18(23-2)24-14-17-10-12-26(13-11-17)29(27,28)19(20,21)22/h3-7,15,17H,8-14H2,1-2H3,(H2,23,24,25). The molecule has 0 bridgehead atoms. The van der Waals surface area contributed by atoms with E-state index >= 15 is 0 Å². The third-order valence-electron chi connectivity index (χ3n) is 5.08. The zero-order valence-electron chi connectivity index (χ0n) is 16.7. The van der Waals surface area contributed by atoms with Gasteiger partial charge in [0.25, 0.3) is 0 Å². The molecule has 1 aliphatic heterocycles. The molecule has 1 fully saturated rings. The van der Waals surface area contributed by atoms with Crippen molar-refractivity contribution in [3.63, 3.8) is 0 Å². The summed E-state index contributed by atoms with van der Waals surface area (Å²) in [5.74, 6) is 0.726. The van der Waals surface area contributed by atoms with Crippen molar-refractivity contribution in [1.82, 2.24) is 14.9 Å². The summed E-state index contributed by atoms with van der Waals surface area (Å²) >= 11 is 0. The van der Waals surface area contributed by atoms with Gasteiger partial charge in [-0.15, -0.1) is 0 Å². The molecule has 0 saturated carbocycles.